The van der Waals surface area contributed by atoms with Gasteiger partial charge < -0.3 is 5.11 Å². The molecular formula is C28H38O. The first-order chi connectivity index (χ1) is 14.1. The van der Waals surface area contributed by atoms with Gasteiger partial charge in [0.15, 0.2) is 0 Å². The van der Waals surface area contributed by atoms with E-state index < -0.39 is 0 Å². The van der Waals surface area contributed by atoms with E-state index in [4.69, 9.17) is 0 Å². The molecule has 1 heteroatoms. The first-order valence-corrected chi connectivity index (χ1v) is 12.9. The second-order valence-corrected chi connectivity index (χ2v) is 13.0. The maximum absolute atomic E-state index is 9.98. The van der Waals surface area contributed by atoms with E-state index in [9.17, 15) is 5.11 Å². The molecule has 1 unspecified atom stereocenters. The van der Waals surface area contributed by atoms with Gasteiger partial charge in [0.1, 0.15) is 5.75 Å². The Bertz CT molecular complexity index is 718. The summed E-state index contributed by atoms with van der Waals surface area (Å²) in [5.41, 5.74) is 2.80. The van der Waals surface area contributed by atoms with Gasteiger partial charge in [0.05, 0.1) is 0 Å². The van der Waals surface area contributed by atoms with Gasteiger partial charge in [-0.25, -0.2) is 0 Å². The molecule has 8 aliphatic carbocycles. The molecule has 1 aromatic carbocycles. The quantitative estimate of drug-likeness (QED) is 0.572. The third kappa shape index (κ3) is 2.78. The third-order valence-corrected chi connectivity index (χ3v) is 10.9. The van der Waals surface area contributed by atoms with E-state index in [1.54, 1.807) is 44.1 Å². The predicted octanol–water partition coefficient (Wildman–Crippen LogP) is 7.30. The summed E-state index contributed by atoms with van der Waals surface area (Å²) >= 11 is 0. The Labute approximate surface area is 176 Å². The van der Waals surface area contributed by atoms with Crippen LogP contribution in [0.4, 0.5) is 0 Å². The molecule has 29 heavy (non-hydrogen) atoms. The lowest BCUT2D eigenvalue weighted by molar-refractivity contribution is -0.103. The van der Waals surface area contributed by atoms with Crippen LogP contribution in [0.3, 0.4) is 0 Å². The van der Waals surface area contributed by atoms with Gasteiger partial charge in [0.25, 0.3) is 0 Å². The van der Waals surface area contributed by atoms with Crippen LogP contribution in [0, 0.1) is 46.3 Å². The van der Waals surface area contributed by atoms with Crippen molar-refractivity contribution in [2.24, 2.45) is 46.3 Å². The van der Waals surface area contributed by atoms with Crippen LogP contribution in [0.15, 0.2) is 24.3 Å². The molecule has 0 spiro atoms. The molecule has 9 rings (SSSR count). The SMILES string of the molecule is Oc1ccc(C(CC23CC4CC(CC(C4)C2)C3)C23CC4CC(CC(C4)C2)C3)cc1. The molecule has 0 heterocycles. The number of benzene rings is 1. The second kappa shape index (κ2) is 6.04. The molecule has 1 N–H and O–H groups in total. The minimum absolute atomic E-state index is 0.438. The van der Waals surface area contributed by atoms with E-state index in [0.717, 1.165) is 41.4 Å². The lowest BCUT2D eigenvalue weighted by Gasteiger charge is -2.63. The number of rotatable bonds is 4. The maximum atomic E-state index is 9.98. The summed E-state index contributed by atoms with van der Waals surface area (Å²) in [4.78, 5) is 0. The van der Waals surface area contributed by atoms with Gasteiger partial charge in [0, 0.05) is 0 Å². The van der Waals surface area contributed by atoms with Crippen molar-refractivity contribution in [3.8, 4) is 5.75 Å². The van der Waals surface area contributed by atoms with E-state index in [2.05, 4.69) is 12.1 Å². The van der Waals surface area contributed by atoms with Gasteiger partial charge in [-0.1, -0.05) is 12.1 Å². The molecule has 8 saturated carbocycles. The van der Waals surface area contributed by atoms with E-state index in [1.807, 2.05) is 12.1 Å². The van der Waals surface area contributed by atoms with Crippen molar-refractivity contribution >= 4 is 0 Å². The standard InChI is InChI=1S/C28H38O/c29-25-3-1-24(2-4-25)26(28-14-21-8-22(15-28)10-23(9-21)16-28)17-27-11-18-5-19(12-27)7-20(6-18)13-27/h1-4,18-23,26,29H,5-17H2. The molecule has 0 radical (unpaired) electrons. The third-order valence-electron chi connectivity index (χ3n) is 10.9. The molecule has 8 bridgehead atoms. The molecule has 8 fully saturated rings. The first-order valence-electron chi connectivity index (χ1n) is 12.9. The number of phenols is 1. The van der Waals surface area contributed by atoms with E-state index >= 15 is 0 Å². The Morgan fingerprint density at radius 3 is 1.52 bits per heavy atom. The molecule has 0 aliphatic heterocycles. The monoisotopic (exact) mass is 390 g/mol. The Morgan fingerprint density at radius 1 is 0.655 bits per heavy atom. The van der Waals surface area contributed by atoms with Crippen molar-refractivity contribution in [3.63, 3.8) is 0 Å². The number of hydrogen-bond donors (Lipinski definition) is 1. The van der Waals surface area contributed by atoms with Crippen molar-refractivity contribution in [2.45, 2.75) is 89.4 Å². The number of aromatic hydroxyl groups is 1. The Kier molecular flexibility index (Phi) is 3.68. The molecule has 1 nitrogen and oxygen atoms in total. The highest BCUT2D eigenvalue weighted by Gasteiger charge is 2.58. The Balaban J connectivity index is 1.27. The van der Waals surface area contributed by atoms with Crippen LogP contribution in [0.2, 0.25) is 0 Å². The zero-order chi connectivity index (χ0) is 19.2. The number of hydrogen-bond acceptors (Lipinski definition) is 1. The molecule has 0 saturated heterocycles. The van der Waals surface area contributed by atoms with E-state index in [0.29, 0.717) is 16.6 Å². The van der Waals surface area contributed by atoms with Crippen LogP contribution in [-0.2, 0) is 0 Å². The molecule has 1 aromatic rings. The molecule has 0 amide bonds. The maximum Gasteiger partial charge on any atom is 0.115 e. The smallest absolute Gasteiger partial charge is 0.115 e. The fourth-order valence-electron chi connectivity index (χ4n) is 11.0. The van der Waals surface area contributed by atoms with Gasteiger partial charge in [-0.2, -0.15) is 0 Å². The van der Waals surface area contributed by atoms with Crippen molar-refractivity contribution in [3.05, 3.63) is 29.8 Å². The molecular weight excluding hydrogens is 352 g/mol. The summed E-state index contributed by atoms with van der Waals surface area (Å²) in [7, 11) is 0. The molecule has 156 valence electrons. The van der Waals surface area contributed by atoms with Crippen molar-refractivity contribution in [2.75, 3.05) is 0 Å². The van der Waals surface area contributed by atoms with Crippen LogP contribution < -0.4 is 0 Å². The summed E-state index contributed by atoms with van der Waals surface area (Å²) in [6.07, 6.45) is 19.9. The van der Waals surface area contributed by atoms with Crippen LogP contribution in [-0.4, -0.2) is 5.11 Å². The van der Waals surface area contributed by atoms with E-state index in [1.165, 1.54) is 44.9 Å². The van der Waals surface area contributed by atoms with Gasteiger partial charge in [-0.15, -0.1) is 0 Å². The fourth-order valence-corrected chi connectivity index (χ4v) is 11.0. The minimum atomic E-state index is 0.438. The normalized spacial score (nSPS) is 50.2. The highest BCUT2D eigenvalue weighted by Crippen LogP contribution is 2.69. The van der Waals surface area contributed by atoms with Gasteiger partial charge in [-0.3, -0.25) is 0 Å². The van der Waals surface area contributed by atoms with Crippen LogP contribution in [0.25, 0.3) is 0 Å². The first kappa shape index (κ1) is 17.7. The van der Waals surface area contributed by atoms with Gasteiger partial charge >= 0.3 is 0 Å². The van der Waals surface area contributed by atoms with Crippen molar-refractivity contribution in [1.29, 1.82) is 0 Å². The highest BCUT2D eigenvalue weighted by atomic mass is 16.3. The molecule has 1 atom stereocenters. The second-order valence-electron chi connectivity index (χ2n) is 13.0. The molecule has 0 aromatic heterocycles. The average Bonchev–Trinajstić information content (AvgIpc) is 2.65. The van der Waals surface area contributed by atoms with E-state index in [-0.39, 0.29) is 0 Å². The zero-order valence-corrected chi connectivity index (χ0v) is 18.0. The van der Waals surface area contributed by atoms with Crippen LogP contribution in [0.1, 0.15) is 95.0 Å². The fraction of sp³-hybridized carbons (Fsp3) is 0.786. The summed E-state index contributed by atoms with van der Waals surface area (Å²) in [5, 5.41) is 9.98. The van der Waals surface area contributed by atoms with Crippen molar-refractivity contribution in [1.82, 2.24) is 0 Å². The van der Waals surface area contributed by atoms with Gasteiger partial charge in [-0.05, 0) is 153 Å². The lowest BCUT2D eigenvalue weighted by atomic mass is 9.42. The lowest BCUT2D eigenvalue weighted by Crippen LogP contribution is -2.52. The minimum Gasteiger partial charge on any atom is -0.508 e. The average molecular weight is 391 g/mol. The Morgan fingerprint density at radius 2 is 1.07 bits per heavy atom. The van der Waals surface area contributed by atoms with Gasteiger partial charge in [0.2, 0.25) is 0 Å². The van der Waals surface area contributed by atoms with Crippen LogP contribution >= 0.6 is 0 Å². The summed E-state index contributed by atoms with van der Waals surface area (Å²) < 4.78 is 0. The largest absolute Gasteiger partial charge is 0.508 e. The molecule has 8 aliphatic rings. The number of phenolic OH excluding ortho intramolecular Hbond substituents is 1. The summed E-state index contributed by atoms with van der Waals surface area (Å²) in [6.45, 7) is 0. The highest BCUT2D eigenvalue weighted by molar-refractivity contribution is 5.31. The summed E-state index contributed by atoms with van der Waals surface area (Å²) in [5.74, 6) is 7.42. The zero-order valence-electron chi connectivity index (χ0n) is 18.0. The van der Waals surface area contributed by atoms with Crippen LogP contribution in [0.5, 0.6) is 5.75 Å². The topological polar surface area (TPSA) is 20.2 Å². The summed E-state index contributed by atoms with van der Waals surface area (Å²) in [6, 6.07) is 8.56. The van der Waals surface area contributed by atoms with Crippen molar-refractivity contribution < 1.29 is 5.11 Å². The Hall–Kier alpha value is -0.980. The predicted molar refractivity (Wildman–Crippen MR) is 117 cm³/mol.